The molecule has 0 saturated carbocycles. The van der Waals surface area contributed by atoms with Crippen molar-refractivity contribution in [2.24, 2.45) is 11.3 Å². The Morgan fingerprint density at radius 1 is 0.975 bits per heavy atom. The number of para-hydroxylation sites is 1. The number of benzene rings is 2. The van der Waals surface area contributed by atoms with Crippen molar-refractivity contribution in [3.63, 3.8) is 0 Å². The molecule has 9 heteroatoms. The van der Waals surface area contributed by atoms with E-state index in [4.69, 9.17) is 9.47 Å². The van der Waals surface area contributed by atoms with Gasteiger partial charge in [0.25, 0.3) is 0 Å². The van der Waals surface area contributed by atoms with E-state index < -0.39 is 6.29 Å². The molecule has 0 aromatic heterocycles. The summed E-state index contributed by atoms with van der Waals surface area (Å²) in [6.45, 7) is 11.1. The molecule has 0 N–H and O–H groups in total. The number of likely N-dealkylation sites (tertiary alicyclic amines) is 1. The lowest BCUT2D eigenvalue weighted by molar-refractivity contribution is -0.287. The van der Waals surface area contributed by atoms with Gasteiger partial charge in [-0.05, 0) is 35.8 Å². The van der Waals surface area contributed by atoms with Crippen LogP contribution >= 0.6 is 0 Å². The molecule has 3 aliphatic heterocycles. The van der Waals surface area contributed by atoms with Crippen LogP contribution in [0.1, 0.15) is 64.1 Å². The first-order valence-electron chi connectivity index (χ1n) is 14.2. The molecule has 2 atom stereocenters. The molecule has 3 aliphatic rings. The Morgan fingerprint density at radius 3 is 2.33 bits per heavy atom. The van der Waals surface area contributed by atoms with Crippen LogP contribution in [0.2, 0.25) is 0 Å². The van der Waals surface area contributed by atoms with Gasteiger partial charge in [-0.15, -0.1) is 8.78 Å². The number of piperazine rings is 1. The average molecular weight is 556 g/mol. The normalized spacial score (nSPS) is 22.3. The van der Waals surface area contributed by atoms with Crippen molar-refractivity contribution < 1.29 is 27.8 Å². The Bertz CT molecular complexity index is 1220. The van der Waals surface area contributed by atoms with Gasteiger partial charge < -0.3 is 19.3 Å². The smallest absolute Gasteiger partial charge is 0.395 e. The largest absolute Gasteiger partial charge is 0.586 e. The van der Waals surface area contributed by atoms with Gasteiger partial charge >= 0.3 is 6.29 Å². The Kier molecular flexibility index (Phi) is 7.79. The van der Waals surface area contributed by atoms with Gasteiger partial charge in [-0.1, -0.05) is 63.2 Å². The van der Waals surface area contributed by atoms with Gasteiger partial charge in [-0.25, -0.2) is 0 Å². The first kappa shape index (κ1) is 28.3. The maximum atomic E-state index is 14.1. The van der Waals surface area contributed by atoms with Crippen LogP contribution in [-0.2, 0) is 9.59 Å². The summed E-state index contributed by atoms with van der Waals surface area (Å²) in [6, 6.07) is 14.4. The summed E-state index contributed by atoms with van der Waals surface area (Å²) in [7, 11) is 0. The molecule has 2 saturated heterocycles. The molecule has 0 aliphatic carbocycles. The minimum absolute atomic E-state index is 0.0282. The minimum Gasteiger partial charge on any atom is -0.395 e. The van der Waals surface area contributed by atoms with Crippen LogP contribution in [0.5, 0.6) is 11.5 Å². The maximum absolute atomic E-state index is 14.1. The molecular formula is C31H39F2N3O4. The third-order valence-electron chi connectivity index (χ3n) is 8.49. The van der Waals surface area contributed by atoms with E-state index in [1.807, 2.05) is 46.2 Å². The summed E-state index contributed by atoms with van der Waals surface area (Å²) in [5.74, 6) is 0.592. The summed E-state index contributed by atoms with van der Waals surface area (Å²) in [6.07, 6.45) is -1.55. The average Bonchev–Trinajstić information content (AvgIpc) is 3.24. The summed E-state index contributed by atoms with van der Waals surface area (Å²) in [5, 5.41) is 0. The molecule has 2 aromatic rings. The number of halogens is 2. The molecule has 0 spiro atoms. The fourth-order valence-corrected chi connectivity index (χ4v) is 6.32. The van der Waals surface area contributed by atoms with Crippen molar-refractivity contribution in [3.05, 3.63) is 59.7 Å². The van der Waals surface area contributed by atoms with Crippen molar-refractivity contribution in [1.82, 2.24) is 14.7 Å². The molecule has 1 unspecified atom stereocenters. The molecule has 2 fully saturated rings. The van der Waals surface area contributed by atoms with Crippen molar-refractivity contribution in [3.8, 4) is 11.5 Å². The van der Waals surface area contributed by atoms with E-state index in [1.165, 1.54) is 6.07 Å². The number of nitrogens with zero attached hydrogens (tertiary/aromatic N) is 3. The monoisotopic (exact) mass is 555 g/mol. The quantitative estimate of drug-likeness (QED) is 0.501. The van der Waals surface area contributed by atoms with E-state index in [0.29, 0.717) is 44.7 Å². The minimum atomic E-state index is -3.71. The fraction of sp³-hybridized carbons (Fsp3) is 0.548. The summed E-state index contributed by atoms with van der Waals surface area (Å²) in [5.41, 5.74) is 1.36. The number of ether oxygens (including phenoxy) is 2. The number of piperidine rings is 1. The third kappa shape index (κ3) is 5.94. The summed E-state index contributed by atoms with van der Waals surface area (Å²) >= 11 is 0. The van der Waals surface area contributed by atoms with Gasteiger partial charge in [0.1, 0.15) is 0 Å². The molecular weight excluding hydrogens is 516 g/mol. The Morgan fingerprint density at radius 2 is 1.68 bits per heavy atom. The molecule has 0 bridgehead atoms. The maximum Gasteiger partial charge on any atom is 0.586 e. The summed E-state index contributed by atoms with van der Waals surface area (Å²) < 4.78 is 38.0. The second-order valence-corrected chi connectivity index (χ2v) is 12.3. The number of carbonyl (C=O) groups is 2. The van der Waals surface area contributed by atoms with Gasteiger partial charge in [-0.3, -0.25) is 14.5 Å². The zero-order valence-corrected chi connectivity index (χ0v) is 23.7. The van der Waals surface area contributed by atoms with Crippen molar-refractivity contribution in [2.75, 3.05) is 32.7 Å². The second-order valence-electron chi connectivity index (χ2n) is 12.3. The van der Waals surface area contributed by atoms with Gasteiger partial charge in [-0.2, -0.15) is 0 Å². The van der Waals surface area contributed by atoms with E-state index in [-0.39, 0.29) is 46.7 Å². The Labute approximate surface area is 235 Å². The standard InChI is InChI=1S/C31H39F2N3O4/c1-21(37)34-15-13-22(14-16-34)19-27(38)36-18-17-35(20-26(36)30(2,3)4)28(23-9-6-5-7-10-23)24-11-8-12-25-29(24)40-31(32,33)39-25/h5-12,22,26,28H,13-20H2,1-4H3/t26-,28?/m1/s1. The highest BCUT2D eigenvalue weighted by Crippen LogP contribution is 2.48. The Hall–Kier alpha value is -3.20. The zero-order chi connectivity index (χ0) is 28.7. The van der Waals surface area contributed by atoms with E-state index in [0.717, 1.165) is 18.4 Å². The van der Waals surface area contributed by atoms with Crippen LogP contribution in [-0.4, -0.2) is 71.6 Å². The number of amides is 2. The SMILES string of the molecule is CC(=O)N1CCC(CC(=O)N2CCN(C(c3ccccc3)c3cccc4c3OC(F)(F)O4)C[C@@H]2C(C)(C)C)CC1. The van der Waals surface area contributed by atoms with Crippen molar-refractivity contribution >= 4 is 11.8 Å². The molecule has 2 amide bonds. The van der Waals surface area contributed by atoms with Crippen LogP contribution in [0.4, 0.5) is 8.78 Å². The van der Waals surface area contributed by atoms with E-state index in [9.17, 15) is 18.4 Å². The van der Waals surface area contributed by atoms with Crippen molar-refractivity contribution in [2.45, 2.75) is 65.3 Å². The van der Waals surface area contributed by atoms with Crippen LogP contribution < -0.4 is 9.47 Å². The van der Waals surface area contributed by atoms with Crippen LogP contribution in [0.25, 0.3) is 0 Å². The van der Waals surface area contributed by atoms with Gasteiger partial charge in [0, 0.05) is 57.7 Å². The first-order chi connectivity index (χ1) is 18.9. The highest BCUT2D eigenvalue weighted by Gasteiger charge is 2.47. The van der Waals surface area contributed by atoms with Crippen LogP contribution in [0, 0.1) is 11.3 Å². The van der Waals surface area contributed by atoms with Crippen molar-refractivity contribution in [1.29, 1.82) is 0 Å². The van der Waals surface area contributed by atoms with Crippen LogP contribution in [0.3, 0.4) is 0 Å². The number of fused-ring (bicyclic) bond motifs is 1. The van der Waals surface area contributed by atoms with Crippen LogP contribution in [0.15, 0.2) is 48.5 Å². The molecule has 7 nitrogen and oxygen atoms in total. The predicted octanol–water partition coefficient (Wildman–Crippen LogP) is 5.31. The second kappa shape index (κ2) is 11.0. The zero-order valence-electron chi connectivity index (χ0n) is 23.7. The van der Waals surface area contributed by atoms with E-state index >= 15 is 0 Å². The van der Waals surface area contributed by atoms with E-state index in [2.05, 4.69) is 25.7 Å². The Balaban J connectivity index is 1.39. The lowest BCUT2D eigenvalue weighted by Crippen LogP contribution is -2.60. The molecule has 3 heterocycles. The first-order valence-corrected chi connectivity index (χ1v) is 14.2. The number of rotatable bonds is 5. The van der Waals surface area contributed by atoms with Gasteiger partial charge in [0.2, 0.25) is 11.8 Å². The molecule has 5 rings (SSSR count). The number of hydrogen-bond acceptors (Lipinski definition) is 5. The van der Waals surface area contributed by atoms with Gasteiger partial charge in [0.15, 0.2) is 11.5 Å². The van der Waals surface area contributed by atoms with Gasteiger partial charge in [0.05, 0.1) is 6.04 Å². The third-order valence-corrected chi connectivity index (χ3v) is 8.49. The van der Waals surface area contributed by atoms with E-state index in [1.54, 1.807) is 13.0 Å². The molecule has 40 heavy (non-hydrogen) atoms. The highest BCUT2D eigenvalue weighted by atomic mass is 19.3. The fourth-order valence-electron chi connectivity index (χ4n) is 6.32. The molecule has 0 radical (unpaired) electrons. The summed E-state index contributed by atoms with van der Waals surface area (Å²) in [4.78, 5) is 31.5. The lowest BCUT2D eigenvalue weighted by atomic mass is 9.82. The number of carbonyl (C=O) groups excluding carboxylic acids is 2. The predicted molar refractivity (Wildman–Crippen MR) is 147 cm³/mol. The number of alkyl halides is 2. The topological polar surface area (TPSA) is 62.3 Å². The highest BCUT2D eigenvalue weighted by molar-refractivity contribution is 5.77. The molecule has 216 valence electrons. The number of hydrogen-bond donors (Lipinski definition) is 0. The lowest BCUT2D eigenvalue weighted by Gasteiger charge is -2.50. The molecule has 2 aromatic carbocycles.